The number of imidazole rings is 1. The molecule has 2 amide bonds. The molecule has 26 heavy (non-hydrogen) atoms. The number of nitrogen functional groups attached to an aromatic ring is 1. The lowest BCUT2D eigenvalue weighted by atomic mass is 10.1. The first-order chi connectivity index (χ1) is 12.6. The average molecular weight is 356 g/mol. The number of pyridine rings is 1. The van der Waals surface area contributed by atoms with Crippen molar-refractivity contribution in [3.63, 3.8) is 0 Å². The SMILES string of the molecule is CCn1c(N)nc2cc(C(=O)N3CCN(C4CCCC4)C(=O)C3)cnc21. The number of aromatic nitrogens is 3. The Morgan fingerprint density at radius 2 is 2.08 bits per heavy atom. The molecule has 2 aliphatic rings. The third kappa shape index (κ3) is 2.79. The molecule has 138 valence electrons. The molecule has 8 nitrogen and oxygen atoms in total. The number of anilines is 1. The monoisotopic (exact) mass is 356 g/mol. The van der Waals surface area contributed by atoms with Crippen molar-refractivity contribution < 1.29 is 9.59 Å². The molecule has 0 bridgehead atoms. The minimum atomic E-state index is -0.177. The van der Waals surface area contributed by atoms with Gasteiger partial charge in [0.1, 0.15) is 12.1 Å². The fourth-order valence-corrected chi connectivity index (χ4v) is 4.10. The normalized spacial score (nSPS) is 18.9. The number of piperazine rings is 1. The van der Waals surface area contributed by atoms with Gasteiger partial charge in [0.2, 0.25) is 11.9 Å². The fourth-order valence-electron chi connectivity index (χ4n) is 4.10. The van der Waals surface area contributed by atoms with Gasteiger partial charge < -0.3 is 15.5 Å². The van der Waals surface area contributed by atoms with Gasteiger partial charge in [0.25, 0.3) is 5.91 Å². The predicted molar refractivity (Wildman–Crippen MR) is 97.5 cm³/mol. The molecule has 2 N–H and O–H groups in total. The van der Waals surface area contributed by atoms with E-state index in [1.807, 2.05) is 11.8 Å². The van der Waals surface area contributed by atoms with Gasteiger partial charge in [-0.3, -0.25) is 14.2 Å². The second-order valence-electron chi connectivity index (χ2n) is 7.03. The standard InChI is InChI=1S/C18H24N6O2/c1-2-23-16-14(21-18(23)19)9-12(10-20-16)17(26)22-7-8-24(15(25)11-22)13-5-3-4-6-13/h9-10,13H,2-8,11H2,1H3,(H2,19,21). The van der Waals surface area contributed by atoms with Crippen LogP contribution < -0.4 is 5.73 Å². The van der Waals surface area contributed by atoms with Crippen molar-refractivity contribution in [1.82, 2.24) is 24.3 Å². The Hall–Kier alpha value is -2.64. The Balaban J connectivity index is 1.51. The number of carbonyl (C=O) groups is 2. The number of hydrogen-bond acceptors (Lipinski definition) is 5. The van der Waals surface area contributed by atoms with Gasteiger partial charge in [-0.1, -0.05) is 12.8 Å². The molecule has 2 fully saturated rings. The molecule has 0 unspecified atom stereocenters. The van der Waals surface area contributed by atoms with E-state index in [0.29, 0.717) is 48.4 Å². The molecule has 0 radical (unpaired) electrons. The van der Waals surface area contributed by atoms with E-state index in [0.717, 1.165) is 12.8 Å². The summed E-state index contributed by atoms with van der Waals surface area (Å²) in [6, 6.07) is 2.07. The van der Waals surface area contributed by atoms with Crippen LogP contribution in [0.4, 0.5) is 5.95 Å². The zero-order valence-electron chi connectivity index (χ0n) is 15.0. The van der Waals surface area contributed by atoms with E-state index in [1.54, 1.807) is 21.7 Å². The number of hydrogen-bond donors (Lipinski definition) is 1. The minimum absolute atomic E-state index is 0.0463. The van der Waals surface area contributed by atoms with Gasteiger partial charge in [-0.05, 0) is 25.8 Å². The van der Waals surface area contributed by atoms with Crippen molar-refractivity contribution in [2.75, 3.05) is 25.4 Å². The predicted octanol–water partition coefficient (Wildman–Crippen LogP) is 1.26. The maximum absolute atomic E-state index is 12.8. The van der Waals surface area contributed by atoms with E-state index in [2.05, 4.69) is 9.97 Å². The van der Waals surface area contributed by atoms with Gasteiger partial charge in [0.05, 0.1) is 5.56 Å². The highest BCUT2D eigenvalue weighted by Gasteiger charge is 2.33. The summed E-state index contributed by atoms with van der Waals surface area (Å²) in [5, 5.41) is 0. The highest BCUT2D eigenvalue weighted by atomic mass is 16.2. The van der Waals surface area contributed by atoms with Crippen molar-refractivity contribution in [3.8, 4) is 0 Å². The number of carbonyl (C=O) groups excluding carboxylic acids is 2. The van der Waals surface area contributed by atoms with Crippen LogP contribution >= 0.6 is 0 Å². The van der Waals surface area contributed by atoms with Gasteiger partial charge in [-0.25, -0.2) is 9.97 Å². The molecule has 1 saturated heterocycles. The first kappa shape index (κ1) is 16.8. The van der Waals surface area contributed by atoms with Gasteiger partial charge in [0.15, 0.2) is 5.65 Å². The zero-order chi connectivity index (χ0) is 18.3. The number of nitrogens with two attached hydrogens (primary N) is 1. The van der Waals surface area contributed by atoms with Gasteiger partial charge in [0, 0.05) is 31.9 Å². The number of amides is 2. The second kappa shape index (κ2) is 6.59. The summed E-state index contributed by atoms with van der Waals surface area (Å²) in [5.74, 6) is 0.258. The number of rotatable bonds is 3. The van der Waals surface area contributed by atoms with Crippen LogP contribution in [-0.4, -0.2) is 61.8 Å². The van der Waals surface area contributed by atoms with Gasteiger partial charge in [-0.2, -0.15) is 0 Å². The summed E-state index contributed by atoms with van der Waals surface area (Å²) in [4.78, 5) is 37.6. The van der Waals surface area contributed by atoms with Crippen LogP contribution in [-0.2, 0) is 11.3 Å². The van der Waals surface area contributed by atoms with Crippen LogP contribution in [0.2, 0.25) is 0 Å². The molecule has 0 spiro atoms. The lowest BCUT2D eigenvalue weighted by Crippen LogP contribution is -2.54. The van der Waals surface area contributed by atoms with Crippen LogP contribution in [0.5, 0.6) is 0 Å². The number of aryl methyl sites for hydroxylation is 1. The lowest BCUT2D eigenvalue weighted by Gasteiger charge is -2.37. The molecule has 2 aromatic heterocycles. The molecule has 1 aliphatic carbocycles. The van der Waals surface area contributed by atoms with Crippen molar-refractivity contribution >= 4 is 28.9 Å². The summed E-state index contributed by atoms with van der Waals surface area (Å²) in [5.41, 5.74) is 7.61. The molecule has 0 aromatic carbocycles. The first-order valence-corrected chi connectivity index (χ1v) is 9.29. The van der Waals surface area contributed by atoms with E-state index < -0.39 is 0 Å². The van der Waals surface area contributed by atoms with E-state index in [4.69, 9.17) is 5.73 Å². The Kier molecular flexibility index (Phi) is 4.26. The molecule has 1 aliphatic heterocycles. The quantitative estimate of drug-likeness (QED) is 0.893. The van der Waals surface area contributed by atoms with E-state index in [9.17, 15) is 9.59 Å². The molecule has 3 heterocycles. The Bertz CT molecular complexity index is 855. The van der Waals surface area contributed by atoms with Crippen LogP contribution in [0, 0.1) is 0 Å². The van der Waals surface area contributed by atoms with E-state index >= 15 is 0 Å². The third-order valence-electron chi connectivity index (χ3n) is 5.49. The molecular weight excluding hydrogens is 332 g/mol. The minimum Gasteiger partial charge on any atom is -0.369 e. The van der Waals surface area contributed by atoms with E-state index in [-0.39, 0.29) is 18.4 Å². The molecule has 4 rings (SSSR count). The molecule has 8 heteroatoms. The maximum atomic E-state index is 12.8. The van der Waals surface area contributed by atoms with E-state index in [1.165, 1.54) is 12.8 Å². The number of nitrogens with zero attached hydrogens (tertiary/aromatic N) is 5. The van der Waals surface area contributed by atoms with Crippen LogP contribution in [0.25, 0.3) is 11.2 Å². The lowest BCUT2D eigenvalue weighted by molar-refractivity contribution is -0.137. The maximum Gasteiger partial charge on any atom is 0.256 e. The van der Waals surface area contributed by atoms with Gasteiger partial charge in [-0.15, -0.1) is 0 Å². The summed E-state index contributed by atoms with van der Waals surface area (Å²) < 4.78 is 1.80. The van der Waals surface area contributed by atoms with Crippen molar-refractivity contribution in [2.45, 2.75) is 45.2 Å². The molecule has 2 aromatic rings. The highest BCUT2D eigenvalue weighted by Crippen LogP contribution is 2.25. The Morgan fingerprint density at radius 3 is 2.77 bits per heavy atom. The average Bonchev–Trinajstić information content (AvgIpc) is 3.27. The summed E-state index contributed by atoms with van der Waals surface area (Å²) >= 11 is 0. The van der Waals surface area contributed by atoms with Crippen LogP contribution in [0.1, 0.15) is 43.0 Å². The largest absolute Gasteiger partial charge is 0.369 e. The first-order valence-electron chi connectivity index (χ1n) is 9.29. The van der Waals surface area contributed by atoms with Crippen molar-refractivity contribution in [1.29, 1.82) is 0 Å². The Morgan fingerprint density at radius 1 is 1.31 bits per heavy atom. The van der Waals surface area contributed by atoms with Crippen LogP contribution in [0.15, 0.2) is 12.3 Å². The second-order valence-corrected chi connectivity index (χ2v) is 7.03. The van der Waals surface area contributed by atoms with Crippen molar-refractivity contribution in [3.05, 3.63) is 17.8 Å². The summed E-state index contributed by atoms with van der Waals surface area (Å²) in [6.07, 6.45) is 6.10. The fraction of sp³-hybridized carbons (Fsp3) is 0.556. The summed E-state index contributed by atoms with van der Waals surface area (Å²) in [6.45, 7) is 3.94. The van der Waals surface area contributed by atoms with Gasteiger partial charge >= 0.3 is 0 Å². The molecule has 1 saturated carbocycles. The topological polar surface area (TPSA) is 97.4 Å². The molecular formula is C18H24N6O2. The van der Waals surface area contributed by atoms with Crippen LogP contribution in [0.3, 0.4) is 0 Å². The zero-order valence-corrected chi connectivity index (χ0v) is 15.0. The van der Waals surface area contributed by atoms with Crippen molar-refractivity contribution in [2.24, 2.45) is 0 Å². The Labute approximate surface area is 152 Å². The number of fused-ring (bicyclic) bond motifs is 1. The molecule has 0 atom stereocenters. The summed E-state index contributed by atoms with van der Waals surface area (Å²) in [7, 11) is 0. The highest BCUT2D eigenvalue weighted by molar-refractivity contribution is 5.98. The third-order valence-corrected chi connectivity index (χ3v) is 5.49. The smallest absolute Gasteiger partial charge is 0.256 e.